The molecule has 0 unspecified atom stereocenters. The Morgan fingerprint density at radius 2 is 1.26 bits per heavy atom. The average molecular weight is 835 g/mol. The largest absolute Gasteiger partial charge is 0.462 e. The van der Waals surface area contributed by atoms with E-state index >= 15 is 0 Å². The standard InChI is InChI=1S/C55H82N2O4/c1-41(2)22-21-23-42(3)49-34-35-50-48-33-28-43-40-47(36-38-54(43,4)51(48)37-39-55(49,50)5)61-53(59)27-20-15-13-11-9-7-6-8-10-12-14-19-26-52(58)60-46-31-29-45(30-32-46)57-56-44-24-17-16-18-25-44/h16-18,24-25,28-32,41-42,47-51H,6-15,19-23,26-27,33-40H2,1-5H3/t42-,47+,48+,49-,50+,51+,54+,55-/m1/s1. The van der Waals surface area contributed by atoms with Crippen LogP contribution in [-0.2, 0) is 14.3 Å². The predicted molar refractivity (Wildman–Crippen MR) is 250 cm³/mol. The number of ether oxygens (including phenoxy) is 2. The molecule has 336 valence electrons. The zero-order valence-electron chi connectivity index (χ0n) is 39.0. The van der Waals surface area contributed by atoms with Crippen molar-refractivity contribution in [2.24, 2.45) is 56.6 Å². The van der Waals surface area contributed by atoms with Gasteiger partial charge in [0.2, 0.25) is 0 Å². The minimum absolute atomic E-state index is 0.0290. The first kappa shape index (κ1) is 47.2. The van der Waals surface area contributed by atoms with Gasteiger partial charge in [-0.3, -0.25) is 9.59 Å². The number of hydrogen-bond donors (Lipinski definition) is 0. The van der Waals surface area contributed by atoms with E-state index in [-0.39, 0.29) is 18.0 Å². The molecule has 2 aromatic rings. The molecular formula is C55H82N2O4. The number of allylic oxidation sites excluding steroid dienone is 1. The molecule has 0 amide bonds. The summed E-state index contributed by atoms with van der Waals surface area (Å²) in [6.07, 6.45) is 32.1. The Labute approximate surface area is 370 Å². The Balaban J connectivity index is 0.756. The van der Waals surface area contributed by atoms with Crippen molar-refractivity contribution in [3.63, 3.8) is 0 Å². The molecule has 0 spiro atoms. The summed E-state index contributed by atoms with van der Waals surface area (Å²) in [5, 5.41) is 8.45. The fourth-order valence-electron chi connectivity index (χ4n) is 12.7. The molecule has 2 aromatic carbocycles. The number of carbonyl (C=O) groups excluding carboxylic acids is 2. The summed E-state index contributed by atoms with van der Waals surface area (Å²) in [5.74, 6) is 5.55. The van der Waals surface area contributed by atoms with Gasteiger partial charge in [0.1, 0.15) is 11.9 Å². The van der Waals surface area contributed by atoms with Crippen molar-refractivity contribution >= 4 is 23.3 Å². The molecule has 6 heteroatoms. The third kappa shape index (κ3) is 13.4. The third-order valence-electron chi connectivity index (χ3n) is 16.2. The van der Waals surface area contributed by atoms with Gasteiger partial charge < -0.3 is 9.47 Å². The molecule has 3 saturated carbocycles. The molecule has 4 aliphatic rings. The summed E-state index contributed by atoms with van der Waals surface area (Å²) in [4.78, 5) is 25.2. The number of fused-ring (bicyclic) bond motifs is 5. The molecule has 6 rings (SSSR count). The fourth-order valence-corrected chi connectivity index (χ4v) is 12.7. The van der Waals surface area contributed by atoms with Crippen molar-refractivity contribution in [1.29, 1.82) is 0 Å². The normalized spacial score (nSPS) is 27.6. The van der Waals surface area contributed by atoms with Crippen LogP contribution < -0.4 is 4.74 Å². The second-order valence-electron chi connectivity index (χ2n) is 20.9. The van der Waals surface area contributed by atoms with Gasteiger partial charge in [-0.2, -0.15) is 10.2 Å². The molecule has 3 fully saturated rings. The summed E-state index contributed by atoms with van der Waals surface area (Å²) < 4.78 is 11.7. The van der Waals surface area contributed by atoms with Gasteiger partial charge in [0.25, 0.3) is 0 Å². The molecule has 61 heavy (non-hydrogen) atoms. The van der Waals surface area contributed by atoms with Gasteiger partial charge in [0.15, 0.2) is 0 Å². The first-order chi connectivity index (χ1) is 29.5. The molecule has 4 aliphatic carbocycles. The van der Waals surface area contributed by atoms with Crippen LogP contribution in [0.15, 0.2) is 76.5 Å². The first-order valence-electron chi connectivity index (χ1n) is 25.2. The van der Waals surface area contributed by atoms with Crippen LogP contribution in [0.1, 0.15) is 195 Å². The molecule has 0 bridgehead atoms. The summed E-state index contributed by atoms with van der Waals surface area (Å²) in [5.41, 5.74) is 3.98. The van der Waals surface area contributed by atoms with E-state index in [1.165, 1.54) is 109 Å². The van der Waals surface area contributed by atoms with E-state index in [4.69, 9.17) is 9.47 Å². The first-order valence-corrected chi connectivity index (χ1v) is 25.2. The molecule has 0 radical (unpaired) electrons. The lowest BCUT2D eigenvalue weighted by molar-refractivity contribution is -0.151. The highest BCUT2D eigenvalue weighted by molar-refractivity contribution is 5.72. The van der Waals surface area contributed by atoms with Crippen LogP contribution in [0.5, 0.6) is 5.75 Å². The molecule has 0 N–H and O–H groups in total. The molecule has 6 nitrogen and oxygen atoms in total. The molecular weight excluding hydrogens is 753 g/mol. The van der Waals surface area contributed by atoms with Crippen LogP contribution in [-0.4, -0.2) is 18.0 Å². The maximum absolute atomic E-state index is 12.9. The SMILES string of the molecule is CC(C)CCC[C@@H](C)[C@H]1CC[C@H]2[C@@H]3CC=C4C[C@@H](OC(=O)CCCCCCCCCCCCCCC(=O)Oc5ccc(N=Nc6ccccc6)cc5)CC[C@]4(C)[C@H]3CC[C@]12C. The van der Waals surface area contributed by atoms with Crippen LogP contribution in [0.3, 0.4) is 0 Å². The predicted octanol–water partition coefficient (Wildman–Crippen LogP) is 16.4. The van der Waals surface area contributed by atoms with E-state index in [1.54, 1.807) is 17.7 Å². The van der Waals surface area contributed by atoms with E-state index in [1.807, 2.05) is 42.5 Å². The molecule has 8 atom stereocenters. The summed E-state index contributed by atoms with van der Waals surface area (Å²) in [6, 6.07) is 16.8. The Kier molecular flexibility index (Phi) is 18.1. The van der Waals surface area contributed by atoms with Crippen molar-refractivity contribution in [2.45, 2.75) is 201 Å². The Morgan fingerprint density at radius 1 is 0.656 bits per heavy atom. The lowest BCUT2D eigenvalue weighted by Gasteiger charge is -2.58. The van der Waals surface area contributed by atoms with Gasteiger partial charge in [0.05, 0.1) is 11.4 Å². The van der Waals surface area contributed by atoms with E-state index in [0.717, 1.165) is 85.4 Å². The molecule has 0 saturated heterocycles. The van der Waals surface area contributed by atoms with Crippen LogP contribution in [0.4, 0.5) is 11.4 Å². The highest BCUT2D eigenvalue weighted by atomic mass is 16.5. The highest BCUT2D eigenvalue weighted by Crippen LogP contribution is 2.67. The zero-order chi connectivity index (χ0) is 43.1. The van der Waals surface area contributed by atoms with Crippen LogP contribution in [0.25, 0.3) is 0 Å². The number of benzene rings is 2. The monoisotopic (exact) mass is 835 g/mol. The lowest BCUT2D eigenvalue weighted by atomic mass is 9.47. The number of azo groups is 1. The van der Waals surface area contributed by atoms with E-state index in [2.05, 4.69) is 50.9 Å². The number of esters is 2. The quantitative estimate of drug-likeness (QED) is 0.0347. The number of hydrogen-bond acceptors (Lipinski definition) is 6. The average Bonchev–Trinajstić information content (AvgIpc) is 3.61. The maximum Gasteiger partial charge on any atom is 0.311 e. The molecule has 0 aromatic heterocycles. The van der Waals surface area contributed by atoms with Gasteiger partial charge >= 0.3 is 11.9 Å². The maximum atomic E-state index is 12.9. The van der Waals surface area contributed by atoms with Crippen molar-refractivity contribution in [2.75, 3.05) is 0 Å². The van der Waals surface area contributed by atoms with Gasteiger partial charge in [-0.05, 0) is 141 Å². The molecule has 0 heterocycles. The van der Waals surface area contributed by atoms with E-state index < -0.39 is 0 Å². The van der Waals surface area contributed by atoms with Gasteiger partial charge in [-0.1, -0.05) is 148 Å². The number of unbranched alkanes of at least 4 members (excludes halogenated alkanes) is 11. The second kappa shape index (κ2) is 23.4. The summed E-state index contributed by atoms with van der Waals surface area (Å²) in [7, 11) is 0. The van der Waals surface area contributed by atoms with Gasteiger partial charge in [0, 0.05) is 19.3 Å². The van der Waals surface area contributed by atoms with Gasteiger partial charge in [-0.15, -0.1) is 0 Å². The van der Waals surface area contributed by atoms with Crippen molar-refractivity contribution in [3.8, 4) is 5.75 Å². The van der Waals surface area contributed by atoms with Crippen molar-refractivity contribution in [1.82, 2.24) is 0 Å². The third-order valence-corrected chi connectivity index (χ3v) is 16.2. The van der Waals surface area contributed by atoms with Crippen molar-refractivity contribution < 1.29 is 19.1 Å². The second-order valence-corrected chi connectivity index (χ2v) is 20.9. The van der Waals surface area contributed by atoms with Crippen LogP contribution in [0.2, 0.25) is 0 Å². The minimum Gasteiger partial charge on any atom is -0.462 e. The van der Waals surface area contributed by atoms with E-state index in [0.29, 0.717) is 29.4 Å². The Hall–Kier alpha value is -3.28. The fraction of sp³-hybridized carbons (Fsp3) is 0.709. The number of nitrogens with zero attached hydrogens (tertiary/aromatic N) is 2. The number of carbonyl (C=O) groups is 2. The van der Waals surface area contributed by atoms with Crippen LogP contribution in [0, 0.1) is 46.3 Å². The summed E-state index contributed by atoms with van der Waals surface area (Å²) >= 11 is 0. The Morgan fingerprint density at radius 3 is 1.90 bits per heavy atom. The van der Waals surface area contributed by atoms with E-state index in [9.17, 15) is 9.59 Å². The Bertz CT molecular complexity index is 1700. The van der Waals surface area contributed by atoms with Crippen LogP contribution >= 0.6 is 0 Å². The zero-order valence-corrected chi connectivity index (χ0v) is 39.0. The highest BCUT2D eigenvalue weighted by Gasteiger charge is 2.59. The smallest absolute Gasteiger partial charge is 0.311 e. The minimum atomic E-state index is -0.178. The lowest BCUT2D eigenvalue weighted by Crippen LogP contribution is -2.51. The van der Waals surface area contributed by atoms with Crippen molar-refractivity contribution in [3.05, 3.63) is 66.2 Å². The number of rotatable bonds is 24. The topological polar surface area (TPSA) is 77.3 Å². The van der Waals surface area contributed by atoms with Gasteiger partial charge in [-0.25, -0.2) is 0 Å². The summed E-state index contributed by atoms with van der Waals surface area (Å²) in [6.45, 7) is 12.6. The molecule has 0 aliphatic heterocycles.